The van der Waals surface area contributed by atoms with Crippen LogP contribution < -0.4 is 5.32 Å². The van der Waals surface area contributed by atoms with Crippen molar-refractivity contribution in [3.8, 4) is 0 Å². The normalized spacial score (nSPS) is 22.9. The number of amides is 2. The fourth-order valence-corrected chi connectivity index (χ4v) is 1.49. The number of likely N-dealkylation sites (N-methyl/N-ethyl adjacent to an activating group) is 1. The van der Waals surface area contributed by atoms with Gasteiger partial charge in [0.25, 0.3) is 0 Å². The van der Waals surface area contributed by atoms with Crippen molar-refractivity contribution < 1.29 is 9.59 Å². The molecule has 0 aromatic rings. The highest BCUT2D eigenvalue weighted by Gasteiger charge is 2.36. The van der Waals surface area contributed by atoms with Gasteiger partial charge in [0.2, 0.25) is 11.8 Å². The van der Waals surface area contributed by atoms with Crippen LogP contribution in [0.2, 0.25) is 0 Å². The molecule has 0 aliphatic carbocycles. The number of carbonyl (C=O) groups excluding carboxylic acids is 2. The molecule has 1 aliphatic heterocycles. The largest absolute Gasteiger partial charge is 0.305 e. The molecule has 0 radical (unpaired) electrons. The molecule has 0 saturated carbocycles. The van der Waals surface area contributed by atoms with E-state index in [1.807, 2.05) is 13.8 Å². The maximum atomic E-state index is 11.5. The minimum Gasteiger partial charge on any atom is -0.305 e. The van der Waals surface area contributed by atoms with Gasteiger partial charge in [-0.15, -0.1) is 0 Å². The van der Waals surface area contributed by atoms with Crippen LogP contribution in [0.25, 0.3) is 0 Å². The van der Waals surface area contributed by atoms with Gasteiger partial charge >= 0.3 is 0 Å². The first-order chi connectivity index (χ1) is 6.20. The van der Waals surface area contributed by atoms with Crippen LogP contribution in [-0.4, -0.2) is 35.8 Å². The van der Waals surface area contributed by atoms with Gasteiger partial charge in [-0.3, -0.25) is 14.5 Å². The molecule has 4 nitrogen and oxygen atoms in total. The summed E-state index contributed by atoms with van der Waals surface area (Å²) in [5.74, 6) is -0.123. The lowest BCUT2D eigenvalue weighted by Gasteiger charge is -2.12. The summed E-state index contributed by atoms with van der Waals surface area (Å²) in [7, 11) is 0. The van der Waals surface area contributed by atoms with Crippen LogP contribution in [0, 0.1) is 0 Å². The van der Waals surface area contributed by atoms with Gasteiger partial charge in [0.1, 0.15) is 0 Å². The lowest BCUT2D eigenvalue weighted by atomic mass is 10.2. The number of imide groups is 1. The van der Waals surface area contributed by atoms with Gasteiger partial charge in [0.05, 0.1) is 12.5 Å². The van der Waals surface area contributed by atoms with Gasteiger partial charge < -0.3 is 5.32 Å². The quantitative estimate of drug-likeness (QED) is 0.632. The van der Waals surface area contributed by atoms with Gasteiger partial charge in [-0.25, -0.2) is 0 Å². The predicted molar refractivity (Wildman–Crippen MR) is 49.1 cm³/mol. The first-order valence-corrected chi connectivity index (χ1v) is 4.78. The average Bonchev–Trinajstić information content (AvgIpc) is 2.38. The zero-order valence-electron chi connectivity index (χ0n) is 8.17. The molecule has 1 saturated heterocycles. The Morgan fingerprint density at radius 2 is 2.15 bits per heavy atom. The Hall–Kier alpha value is -0.900. The van der Waals surface area contributed by atoms with Gasteiger partial charge in [-0.1, -0.05) is 6.92 Å². The van der Waals surface area contributed by atoms with Crippen LogP contribution in [0.1, 0.15) is 26.7 Å². The maximum Gasteiger partial charge on any atom is 0.246 e. The fraction of sp³-hybridized carbons (Fsp3) is 0.778. The molecular weight excluding hydrogens is 168 g/mol. The predicted octanol–water partition coefficient (Wildman–Crippen LogP) is 0.133. The number of nitrogens with zero attached hydrogens (tertiary/aromatic N) is 1. The van der Waals surface area contributed by atoms with Crippen molar-refractivity contribution in [3.63, 3.8) is 0 Å². The van der Waals surface area contributed by atoms with Gasteiger partial charge in [-0.05, 0) is 19.9 Å². The average molecular weight is 184 g/mol. The maximum absolute atomic E-state index is 11.5. The highest BCUT2D eigenvalue weighted by Crippen LogP contribution is 2.11. The molecule has 4 heteroatoms. The summed E-state index contributed by atoms with van der Waals surface area (Å²) in [6, 6.07) is -0.271. The van der Waals surface area contributed by atoms with E-state index in [0.29, 0.717) is 13.0 Å². The molecule has 1 rings (SSSR count). The van der Waals surface area contributed by atoms with Crippen LogP contribution in [0.4, 0.5) is 0 Å². The fourth-order valence-electron chi connectivity index (χ4n) is 1.49. The smallest absolute Gasteiger partial charge is 0.246 e. The third-order valence-electron chi connectivity index (χ3n) is 2.20. The summed E-state index contributed by atoms with van der Waals surface area (Å²) in [6.07, 6.45) is 1.30. The van der Waals surface area contributed by atoms with Gasteiger partial charge in [0, 0.05) is 6.54 Å². The highest BCUT2D eigenvalue weighted by molar-refractivity contribution is 6.05. The van der Waals surface area contributed by atoms with E-state index in [4.69, 9.17) is 0 Å². The van der Waals surface area contributed by atoms with E-state index in [9.17, 15) is 9.59 Å². The van der Waals surface area contributed by atoms with E-state index in [0.717, 1.165) is 13.0 Å². The molecule has 0 bridgehead atoms. The van der Waals surface area contributed by atoms with E-state index in [2.05, 4.69) is 5.32 Å². The highest BCUT2D eigenvalue weighted by atomic mass is 16.2. The van der Waals surface area contributed by atoms with Crippen molar-refractivity contribution >= 4 is 11.8 Å². The molecule has 0 aromatic carbocycles. The monoisotopic (exact) mass is 184 g/mol. The second-order valence-corrected chi connectivity index (χ2v) is 3.19. The van der Waals surface area contributed by atoms with Crippen LogP contribution in [-0.2, 0) is 9.59 Å². The van der Waals surface area contributed by atoms with E-state index < -0.39 is 0 Å². The Morgan fingerprint density at radius 1 is 1.46 bits per heavy atom. The molecule has 2 amide bonds. The van der Waals surface area contributed by atoms with Crippen molar-refractivity contribution in [2.45, 2.75) is 32.7 Å². The van der Waals surface area contributed by atoms with Crippen LogP contribution in [0.15, 0.2) is 0 Å². The van der Waals surface area contributed by atoms with Gasteiger partial charge in [-0.2, -0.15) is 0 Å². The summed E-state index contributed by atoms with van der Waals surface area (Å²) < 4.78 is 0. The first-order valence-electron chi connectivity index (χ1n) is 4.78. The molecule has 1 fully saturated rings. The van der Waals surface area contributed by atoms with Crippen molar-refractivity contribution in [1.29, 1.82) is 0 Å². The SMILES string of the molecule is CCCNC1CC(=O)N(CC)C1=O. The molecule has 1 aliphatic rings. The second kappa shape index (κ2) is 4.37. The zero-order chi connectivity index (χ0) is 9.84. The number of hydrogen-bond donors (Lipinski definition) is 1. The Kier molecular flexibility index (Phi) is 3.42. The minimum atomic E-state index is -0.271. The molecule has 1 atom stereocenters. The topological polar surface area (TPSA) is 49.4 Å². The molecule has 13 heavy (non-hydrogen) atoms. The third kappa shape index (κ3) is 2.06. The number of hydrogen-bond acceptors (Lipinski definition) is 3. The van der Waals surface area contributed by atoms with E-state index in [1.165, 1.54) is 4.90 Å². The Labute approximate surface area is 78.3 Å². The Bertz CT molecular complexity index is 216. The first kappa shape index (κ1) is 10.2. The Balaban J connectivity index is 2.52. The van der Waals surface area contributed by atoms with E-state index >= 15 is 0 Å². The second-order valence-electron chi connectivity index (χ2n) is 3.19. The van der Waals surface area contributed by atoms with Gasteiger partial charge in [0.15, 0.2) is 0 Å². The molecule has 1 unspecified atom stereocenters. The summed E-state index contributed by atoms with van der Waals surface area (Å²) in [4.78, 5) is 24.1. The summed E-state index contributed by atoms with van der Waals surface area (Å²) >= 11 is 0. The number of nitrogens with one attached hydrogen (secondary N) is 1. The third-order valence-corrected chi connectivity index (χ3v) is 2.20. The van der Waals surface area contributed by atoms with Crippen LogP contribution >= 0.6 is 0 Å². The van der Waals surface area contributed by atoms with Crippen LogP contribution in [0.5, 0.6) is 0 Å². The molecular formula is C9H16N2O2. The van der Waals surface area contributed by atoms with Crippen molar-refractivity contribution in [2.75, 3.05) is 13.1 Å². The van der Waals surface area contributed by atoms with E-state index in [1.54, 1.807) is 0 Å². The van der Waals surface area contributed by atoms with Crippen molar-refractivity contribution in [1.82, 2.24) is 10.2 Å². The standard InChI is InChI=1S/C9H16N2O2/c1-3-5-10-7-6-8(12)11(4-2)9(7)13/h7,10H,3-6H2,1-2H3. The van der Waals surface area contributed by atoms with Crippen LogP contribution in [0.3, 0.4) is 0 Å². The number of carbonyl (C=O) groups is 2. The summed E-state index contributed by atoms with van der Waals surface area (Å²) in [5.41, 5.74) is 0. The molecule has 74 valence electrons. The lowest BCUT2D eigenvalue weighted by Crippen LogP contribution is -2.38. The molecule has 0 aromatic heterocycles. The minimum absolute atomic E-state index is 0.0545. The summed E-state index contributed by atoms with van der Waals surface area (Å²) in [5, 5.41) is 3.06. The van der Waals surface area contributed by atoms with Crippen molar-refractivity contribution in [2.24, 2.45) is 0 Å². The lowest BCUT2D eigenvalue weighted by molar-refractivity contribution is -0.138. The molecule has 1 N–H and O–H groups in total. The molecule has 0 spiro atoms. The summed E-state index contributed by atoms with van der Waals surface area (Å²) in [6.45, 7) is 5.13. The van der Waals surface area contributed by atoms with Crippen molar-refractivity contribution in [3.05, 3.63) is 0 Å². The number of rotatable bonds is 4. The molecule has 1 heterocycles. The Morgan fingerprint density at radius 3 is 2.62 bits per heavy atom. The zero-order valence-corrected chi connectivity index (χ0v) is 8.17. The number of likely N-dealkylation sites (tertiary alicyclic amines) is 1. The van der Waals surface area contributed by atoms with E-state index in [-0.39, 0.29) is 17.9 Å².